The van der Waals surface area contributed by atoms with Crippen molar-refractivity contribution in [3.8, 4) is 29.2 Å². The van der Waals surface area contributed by atoms with E-state index in [1.54, 1.807) is 19.2 Å². The van der Waals surface area contributed by atoms with Crippen LogP contribution >= 0.6 is 0 Å². The van der Waals surface area contributed by atoms with Crippen LogP contribution in [0, 0.1) is 29.6 Å². The number of aromatic amines is 1. The molecule has 3 rings (SSSR count). The highest BCUT2D eigenvalue weighted by molar-refractivity contribution is 5.85. The Kier molecular flexibility index (Phi) is 4.23. The number of fused-ring (bicyclic) bond motifs is 1. The Morgan fingerprint density at radius 2 is 1.80 bits per heavy atom. The van der Waals surface area contributed by atoms with Gasteiger partial charge < -0.3 is 18.9 Å². The van der Waals surface area contributed by atoms with Crippen LogP contribution in [0.4, 0.5) is 0 Å². The summed E-state index contributed by atoms with van der Waals surface area (Å²) >= 11 is 0. The number of aryl methyl sites for hydroxylation is 1. The summed E-state index contributed by atoms with van der Waals surface area (Å²) in [4.78, 5) is 0. The number of rotatable bonds is 4. The number of benzene rings is 1. The van der Waals surface area contributed by atoms with Gasteiger partial charge in [0.05, 0.1) is 27.4 Å². The van der Waals surface area contributed by atoms with Crippen LogP contribution in [0.1, 0.15) is 22.7 Å². The maximum atomic E-state index is 9.67. The van der Waals surface area contributed by atoms with Crippen LogP contribution in [0.15, 0.2) is 12.1 Å². The van der Waals surface area contributed by atoms with Crippen LogP contribution in [-0.4, -0.2) is 37.4 Å². The van der Waals surface area contributed by atoms with Gasteiger partial charge in [-0.1, -0.05) is 0 Å². The highest BCUT2D eigenvalue weighted by Crippen LogP contribution is 2.49. The number of nitrogens with one attached hydrogen (secondary N) is 2. The van der Waals surface area contributed by atoms with Crippen LogP contribution in [0.3, 0.4) is 0 Å². The Balaban J connectivity index is 2.31. The molecular weight excluding hydrogens is 324 g/mol. The third kappa shape index (κ3) is 2.54. The van der Waals surface area contributed by atoms with E-state index in [2.05, 4.69) is 16.3 Å². The van der Waals surface area contributed by atoms with E-state index in [9.17, 15) is 5.26 Å². The minimum Gasteiger partial charge on any atom is -0.496 e. The molecule has 2 atom stereocenters. The second kappa shape index (κ2) is 6.36. The second-order valence-corrected chi connectivity index (χ2v) is 5.56. The van der Waals surface area contributed by atoms with Crippen LogP contribution in [0.25, 0.3) is 0 Å². The van der Waals surface area contributed by atoms with Crippen molar-refractivity contribution in [2.24, 2.45) is 5.92 Å². The summed E-state index contributed by atoms with van der Waals surface area (Å²) in [6, 6.07) is 5.60. The molecule has 0 amide bonds. The maximum Gasteiger partial charge on any atom is 0.243 e. The lowest BCUT2D eigenvalue weighted by Gasteiger charge is -2.30. The van der Waals surface area contributed by atoms with Gasteiger partial charge in [-0.15, -0.1) is 5.10 Å². The summed E-state index contributed by atoms with van der Waals surface area (Å²) in [7, 11) is 4.62. The van der Waals surface area contributed by atoms with E-state index >= 15 is 0 Å². The van der Waals surface area contributed by atoms with Crippen molar-refractivity contribution in [1.29, 1.82) is 10.7 Å². The number of methoxy groups -OCH3 is 3. The number of hydrogen-bond donors (Lipinski definition) is 2. The molecule has 0 saturated heterocycles. The molecule has 2 heterocycles. The third-order valence-electron chi connectivity index (χ3n) is 4.30. The molecule has 8 nitrogen and oxygen atoms in total. The summed E-state index contributed by atoms with van der Waals surface area (Å²) in [5.41, 5.74) is 2.12. The molecule has 1 aliphatic rings. The Labute approximate surface area is 144 Å². The Hall–Kier alpha value is -3.21. The second-order valence-electron chi connectivity index (χ2n) is 5.56. The zero-order valence-corrected chi connectivity index (χ0v) is 14.3. The molecule has 0 bridgehead atoms. The number of ether oxygens (including phenoxy) is 4. The third-order valence-corrected chi connectivity index (χ3v) is 4.30. The van der Waals surface area contributed by atoms with Crippen molar-refractivity contribution in [1.82, 2.24) is 10.2 Å². The van der Waals surface area contributed by atoms with E-state index in [1.165, 1.54) is 14.2 Å². The standard InChI is InChI=1S/C17H18N4O4/c1-8-13-14(10(7-18)16(19)25-17(13)21-20-8)15-11(23-3)5-9(22-2)6-12(15)24-4/h5-6,10,14,19H,1-4H3,(H,20,21). The van der Waals surface area contributed by atoms with Crippen LogP contribution in [-0.2, 0) is 0 Å². The molecule has 0 saturated carbocycles. The van der Waals surface area contributed by atoms with Gasteiger partial charge in [0, 0.05) is 34.9 Å². The van der Waals surface area contributed by atoms with Gasteiger partial charge in [0.15, 0.2) is 0 Å². The zero-order valence-electron chi connectivity index (χ0n) is 14.3. The quantitative estimate of drug-likeness (QED) is 0.882. The van der Waals surface area contributed by atoms with E-state index in [-0.39, 0.29) is 5.90 Å². The fourth-order valence-corrected chi connectivity index (χ4v) is 3.13. The molecule has 2 N–H and O–H groups in total. The lowest BCUT2D eigenvalue weighted by atomic mass is 9.78. The van der Waals surface area contributed by atoms with Gasteiger partial charge >= 0.3 is 0 Å². The number of nitriles is 1. The Morgan fingerprint density at radius 1 is 1.16 bits per heavy atom. The molecule has 0 aliphatic carbocycles. The first-order valence-corrected chi connectivity index (χ1v) is 7.56. The Bertz CT molecular complexity index is 843. The van der Waals surface area contributed by atoms with Gasteiger partial charge in [0.25, 0.3) is 0 Å². The number of aromatic nitrogens is 2. The highest BCUT2D eigenvalue weighted by atomic mass is 16.5. The molecular formula is C17H18N4O4. The monoisotopic (exact) mass is 342 g/mol. The van der Waals surface area contributed by atoms with Crippen LogP contribution < -0.4 is 18.9 Å². The number of hydrogen-bond acceptors (Lipinski definition) is 7. The molecule has 0 radical (unpaired) electrons. The predicted molar refractivity (Wildman–Crippen MR) is 88.7 cm³/mol. The lowest BCUT2D eigenvalue weighted by molar-refractivity contribution is 0.358. The van der Waals surface area contributed by atoms with Gasteiger partial charge in [-0.2, -0.15) is 5.26 Å². The minimum atomic E-state index is -0.833. The number of H-pyrrole nitrogens is 1. The minimum absolute atomic E-state index is 0.161. The van der Waals surface area contributed by atoms with Crippen molar-refractivity contribution in [2.75, 3.05) is 21.3 Å². The average Bonchev–Trinajstić information content (AvgIpc) is 2.99. The number of nitrogens with zero attached hydrogens (tertiary/aromatic N) is 2. The molecule has 2 aromatic rings. The van der Waals surface area contributed by atoms with E-state index in [0.29, 0.717) is 34.3 Å². The topological polar surface area (TPSA) is 113 Å². The van der Waals surface area contributed by atoms with Crippen molar-refractivity contribution >= 4 is 5.90 Å². The summed E-state index contributed by atoms with van der Waals surface area (Å²) in [5.74, 6) is 0.351. The first kappa shape index (κ1) is 16.6. The smallest absolute Gasteiger partial charge is 0.243 e. The van der Waals surface area contributed by atoms with E-state index in [0.717, 1.165) is 5.69 Å². The first-order valence-electron chi connectivity index (χ1n) is 7.56. The van der Waals surface area contributed by atoms with Crippen molar-refractivity contribution in [2.45, 2.75) is 12.8 Å². The summed E-state index contributed by atoms with van der Waals surface area (Å²) in [6.45, 7) is 1.84. The van der Waals surface area contributed by atoms with Crippen LogP contribution in [0.2, 0.25) is 0 Å². The van der Waals surface area contributed by atoms with Crippen molar-refractivity contribution in [3.63, 3.8) is 0 Å². The van der Waals surface area contributed by atoms with Gasteiger partial charge in [-0.05, 0) is 6.92 Å². The molecule has 2 unspecified atom stereocenters. The first-order chi connectivity index (χ1) is 12.0. The van der Waals surface area contributed by atoms with E-state index < -0.39 is 11.8 Å². The molecule has 25 heavy (non-hydrogen) atoms. The maximum absolute atomic E-state index is 9.67. The van der Waals surface area contributed by atoms with E-state index in [1.807, 2.05) is 6.92 Å². The van der Waals surface area contributed by atoms with Crippen molar-refractivity contribution in [3.05, 3.63) is 29.0 Å². The van der Waals surface area contributed by atoms with Gasteiger partial charge in [0.2, 0.25) is 11.8 Å². The molecule has 0 fully saturated rings. The predicted octanol–water partition coefficient (Wildman–Crippen LogP) is 2.39. The SMILES string of the molecule is COc1cc(OC)c(C2c3c(n[nH]c3C)OC(=N)C2C#N)c(OC)c1. The van der Waals surface area contributed by atoms with Gasteiger partial charge in [-0.3, -0.25) is 10.5 Å². The normalized spacial score (nSPS) is 18.8. The Morgan fingerprint density at radius 3 is 2.32 bits per heavy atom. The molecule has 8 heteroatoms. The molecule has 1 aromatic heterocycles. The summed E-state index contributed by atoms with van der Waals surface area (Å²) < 4.78 is 21.8. The molecule has 0 spiro atoms. The molecule has 130 valence electrons. The largest absolute Gasteiger partial charge is 0.496 e. The zero-order chi connectivity index (χ0) is 18.1. The van der Waals surface area contributed by atoms with E-state index in [4.69, 9.17) is 24.4 Å². The summed E-state index contributed by atoms with van der Waals surface area (Å²) in [6.07, 6.45) is 0. The fraction of sp³-hybridized carbons (Fsp3) is 0.353. The fourth-order valence-electron chi connectivity index (χ4n) is 3.13. The molecule has 1 aliphatic heterocycles. The average molecular weight is 342 g/mol. The van der Waals surface area contributed by atoms with Crippen molar-refractivity contribution < 1.29 is 18.9 Å². The summed E-state index contributed by atoms with van der Waals surface area (Å²) in [5, 5.41) is 24.7. The van der Waals surface area contributed by atoms with Crippen LogP contribution in [0.5, 0.6) is 23.1 Å². The highest BCUT2D eigenvalue weighted by Gasteiger charge is 2.42. The molecule has 1 aromatic carbocycles. The van der Waals surface area contributed by atoms with Gasteiger partial charge in [-0.25, -0.2) is 0 Å². The lowest BCUT2D eigenvalue weighted by Crippen LogP contribution is -2.31. The van der Waals surface area contributed by atoms with Gasteiger partial charge in [0.1, 0.15) is 23.2 Å².